The molecule has 112 valence electrons. The third-order valence-electron chi connectivity index (χ3n) is 3.12. The number of hydrogen-bond donors (Lipinski definition) is 0. The summed E-state index contributed by atoms with van der Waals surface area (Å²) in [6, 6.07) is 5.29. The molecule has 0 fully saturated rings. The van der Waals surface area contributed by atoms with E-state index in [4.69, 9.17) is 14.7 Å². The van der Waals surface area contributed by atoms with Gasteiger partial charge in [-0.3, -0.25) is 0 Å². The second-order valence-electron chi connectivity index (χ2n) is 4.96. The number of nitriles is 1. The standard InChI is InChI=1S/C15H17NO4S/c1-4-19-14-7-11-5-10(2)20-15(11)8-12(14)6-13(9-16)21(3,17)18/h6-8,10H,4-5H2,1-3H3/b13-6+. The Labute approximate surface area is 124 Å². The van der Waals surface area contributed by atoms with E-state index in [-0.39, 0.29) is 11.0 Å². The Kier molecular flexibility index (Phi) is 4.24. The van der Waals surface area contributed by atoms with Crippen LogP contribution in [0, 0.1) is 11.3 Å². The molecule has 0 saturated carbocycles. The first kappa shape index (κ1) is 15.4. The summed E-state index contributed by atoms with van der Waals surface area (Å²) in [4.78, 5) is -0.297. The van der Waals surface area contributed by atoms with Crippen molar-refractivity contribution >= 4 is 15.9 Å². The van der Waals surface area contributed by atoms with Crippen molar-refractivity contribution in [3.8, 4) is 17.6 Å². The molecule has 1 atom stereocenters. The average Bonchev–Trinajstić information content (AvgIpc) is 2.73. The molecular weight excluding hydrogens is 290 g/mol. The smallest absolute Gasteiger partial charge is 0.185 e. The second-order valence-corrected chi connectivity index (χ2v) is 6.94. The zero-order valence-electron chi connectivity index (χ0n) is 12.2. The van der Waals surface area contributed by atoms with Crippen molar-refractivity contribution in [1.82, 2.24) is 0 Å². The second kappa shape index (κ2) is 5.78. The summed E-state index contributed by atoms with van der Waals surface area (Å²) in [5, 5.41) is 9.01. The molecule has 0 radical (unpaired) electrons. The summed E-state index contributed by atoms with van der Waals surface area (Å²) in [5.41, 5.74) is 1.56. The number of allylic oxidation sites excluding steroid dienone is 1. The molecule has 6 heteroatoms. The highest BCUT2D eigenvalue weighted by Crippen LogP contribution is 2.36. The Bertz CT molecular complexity index is 729. The summed E-state index contributed by atoms with van der Waals surface area (Å²) < 4.78 is 34.3. The van der Waals surface area contributed by atoms with Gasteiger partial charge in [0, 0.05) is 23.8 Å². The van der Waals surface area contributed by atoms with Gasteiger partial charge in [-0.1, -0.05) is 0 Å². The molecule has 5 nitrogen and oxygen atoms in total. The van der Waals surface area contributed by atoms with Crippen molar-refractivity contribution in [3.05, 3.63) is 28.2 Å². The van der Waals surface area contributed by atoms with Gasteiger partial charge in [-0.05, 0) is 32.1 Å². The molecule has 0 spiro atoms. The molecule has 1 aliphatic rings. The fourth-order valence-corrected chi connectivity index (χ4v) is 2.72. The molecule has 1 heterocycles. The quantitative estimate of drug-likeness (QED) is 0.798. The minimum Gasteiger partial charge on any atom is -0.493 e. The minimum atomic E-state index is -3.57. The summed E-state index contributed by atoms with van der Waals surface area (Å²) in [6.45, 7) is 4.27. The fourth-order valence-electron chi connectivity index (χ4n) is 2.21. The van der Waals surface area contributed by atoms with Crippen molar-refractivity contribution in [2.75, 3.05) is 12.9 Å². The number of sulfone groups is 1. The highest BCUT2D eigenvalue weighted by atomic mass is 32.2. The lowest BCUT2D eigenvalue weighted by molar-refractivity contribution is 0.254. The van der Waals surface area contributed by atoms with E-state index in [0.717, 1.165) is 18.2 Å². The van der Waals surface area contributed by atoms with Crippen LogP contribution in [0.1, 0.15) is 25.0 Å². The molecule has 2 rings (SSSR count). The SMILES string of the molecule is CCOc1cc2c(cc1/C=C(\C#N)S(C)(=O)=O)OC(C)C2. The van der Waals surface area contributed by atoms with Crippen LogP contribution in [-0.2, 0) is 16.3 Å². The summed E-state index contributed by atoms with van der Waals surface area (Å²) >= 11 is 0. The molecule has 0 saturated heterocycles. The van der Waals surface area contributed by atoms with E-state index in [1.165, 1.54) is 6.08 Å². The summed E-state index contributed by atoms with van der Waals surface area (Å²) in [6.07, 6.45) is 3.21. The van der Waals surface area contributed by atoms with Crippen LogP contribution in [0.4, 0.5) is 0 Å². The summed E-state index contributed by atoms with van der Waals surface area (Å²) in [7, 11) is -3.57. The minimum absolute atomic E-state index is 0.0825. The van der Waals surface area contributed by atoms with Crippen LogP contribution >= 0.6 is 0 Å². The molecule has 1 aromatic rings. The fraction of sp³-hybridized carbons (Fsp3) is 0.400. The first-order chi connectivity index (χ1) is 9.85. The molecule has 0 aliphatic carbocycles. The lowest BCUT2D eigenvalue weighted by Crippen LogP contribution is -2.05. The summed E-state index contributed by atoms with van der Waals surface area (Å²) in [5.74, 6) is 1.27. The third-order valence-corrected chi connectivity index (χ3v) is 4.13. The van der Waals surface area contributed by atoms with Gasteiger partial charge in [0.25, 0.3) is 0 Å². The zero-order chi connectivity index (χ0) is 15.6. The zero-order valence-corrected chi connectivity index (χ0v) is 13.0. The highest BCUT2D eigenvalue weighted by Gasteiger charge is 2.22. The van der Waals surface area contributed by atoms with Crippen molar-refractivity contribution in [2.24, 2.45) is 0 Å². The highest BCUT2D eigenvalue weighted by molar-refractivity contribution is 7.95. The lowest BCUT2D eigenvalue weighted by Gasteiger charge is -2.10. The Morgan fingerprint density at radius 3 is 2.86 bits per heavy atom. The maximum absolute atomic E-state index is 11.6. The van der Waals surface area contributed by atoms with Crippen LogP contribution in [0.5, 0.6) is 11.5 Å². The largest absolute Gasteiger partial charge is 0.493 e. The Morgan fingerprint density at radius 2 is 2.29 bits per heavy atom. The van der Waals surface area contributed by atoms with Crippen LogP contribution < -0.4 is 9.47 Å². The topological polar surface area (TPSA) is 76.4 Å². The van der Waals surface area contributed by atoms with E-state index < -0.39 is 9.84 Å². The van der Waals surface area contributed by atoms with Crippen molar-refractivity contribution in [1.29, 1.82) is 5.26 Å². The van der Waals surface area contributed by atoms with E-state index in [1.54, 1.807) is 12.1 Å². The number of nitrogens with zero attached hydrogens (tertiary/aromatic N) is 1. The van der Waals surface area contributed by atoms with E-state index in [1.807, 2.05) is 19.9 Å². The molecule has 1 aromatic carbocycles. The van der Waals surface area contributed by atoms with E-state index >= 15 is 0 Å². The van der Waals surface area contributed by atoms with Crippen LogP contribution in [0.15, 0.2) is 17.0 Å². The molecule has 0 amide bonds. The number of rotatable bonds is 4. The van der Waals surface area contributed by atoms with Crippen molar-refractivity contribution in [2.45, 2.75) is 26.4 Å². The average molecular weight is 307 g/mol. The van der Waals surface area contributed by atoms with Gasteiger partial charge >= 0.3 is 0 Å². The molecule has 0 N–H and O–H groups in total. The van der Waals surface area contributed by atoms with Crippen LogP contribution in [0.25, 0.3) is 6.08 Å². The number of fused-ring (bicyclic) bond motifs is 1. The third kappa shape index (κ3) is 3.37. The monoisotopic (exact) mass is 307 g/mol. The number of hydrogen-bond acceptors (Lipinski definition) is 5. The van der Waals surface area contributed by atoms with Crippen LogP contribution in [-0.4, -0.2) is 27.4 Å². The maximum atomic E-state index is 11.6. The Hall–Kier alpha value is -2.00. The normalized spacial score (nSPS) is 17.8. The van der Waals surface area contributed by atoms with Gasteiger partial charge in [-0.25, -0.2) is 8.42 Å². The lowest BCUT2D eigenvalue weighted by atomic mass is 10.1. The number of benzene rings is 1. The molecule has 1 aliphatic heterocycles. The molecule has 1 unspecified atom stereocenters. The molecule has 0 bridgehead atoms. The molecular formula is C15H17NO4S. The van der Waals surface area contributed by atoms with Crippen LogP contribution in [0.3, 0.4) is 0 Å². The Balaban J connectivity index is 2.55. The van der Waals surface area contributed by atoms with Gasteiger partial charge in [-0.15, -0.1) is 0 Å². The van der Waals surface area contributed by atoms with Gasteiger partial charge in [0.15, 0.2) is 9.84 Å². The van der Waals surface area contributed by atoms with Gasteiger partial charge < -0.3 is 9.47 Å². The van der Waals surface area contributed by atoms with Gasteiger partial charge in [-0.2, -0.15) is 5.26 Å². The first-order valence-electron chi connectivity index (χ1n) is 6.63. The maximum Gasteiger partial charge on any atom is 0.185 e. The van der Waals surface area contributed by atoms with Crippen molar-refractivity contribution < 1.29 is 17.9 Å². The van der Waals surface area contributed by atoms with Gasteiger partial charge in [0.1, 0.15) is 28.6 Å². The van der Waals surface area contributed by atoms with E-state index in [2.05, 4.69) is 0 Å². The Morgan fingerprint density at radius 1 is 1.57 bits per heavy atom. The van der Waals surface area contributed by atoms with Crippen LogP contribution in [0.2, 0.25) is 0 Å². The molecule has 0 aromatic heterocycles. The van der Waals surface area contributed by atoms with Crippen molar-refractivity contribution in [3.63, 3.8) is 0 Å². The van der Waals surface area contributed by atoms with Gasteiger partial charge in [0.05, 0.1) is 6.61 Å². The van der Waals surface area contributed by atoms with E-state index in [0.29, 0.717) is 23.7 Å². The molecule has 21 heavy (non-hydrogen) atoms. The number of ether oxygens (including phenoxy) is 2. The van der Waals surface area contributed by atoms with E-state index in [9.17, 15) is 8.42 Å². The first-order valence-corrected chi connectivity index (χ1v) is 8.52. The van der Waals surface area contributed by atoms with Gasteiger partial charge in [0.2, 0.25) is 0 Å². The predicted octanol–water partition coefficient (Wildman–Crippen LogP) is 2.32. The predicted molar refractivity (Wildman–Crippen MR) is 79.8 cm³/mol.